The fourth-order valence-corrected chi connectivity index (χ4v) is 2.00. The predicted octanol–water partition coefficient (Wildman–Crippen LogP) is 3.18. The number of nitriles is 1. The lowest BCUT2D eigenvalue weighted by Crippen LogP contribution is -1.82. The number of H-pyrrole nitrogens is 1. The van der Waals surface area contributed by atoms with Gasteiger partial charge in [0.25, 0.3) is 6.26 Å². The Morgan fingerprint density at radius 2 is 1.81 bits per heavy atom. The Kier molecular flexibility index (Phi) is 1.81. The van der Waals surface area contributed by atoms with Crippen LogP contribution in [0.15, 0.2) is 42.5 Å². The average molecular weight is 208 g/mol. The molecule has 1 N–H and O–H groups in total. The van der Waals surface area contributed by atoms with E-state index in [1.54, 1.807) is 12.3 Å². The van der Waals surface area contributed by atoms with Crippen molar-refractivity contribution in [3.63, 3.8) is 0 Å². The van der Waals surface area contributed by atoms with E-state index in [0.717, 1.165) is 21.8 Å². The first-order chi connectivity index (χ1) is 7.90. The Morgan fingerprint density at radius 1 is 1.00 bits per heavy atom. The molecule has 3 aromatic rings. The molecule has 3 nitrogen and oxygen atoms in total. The van der Waals surface area contributed by atoms with Gasteiger partial charge in [0.15, 0.2) is 5.75 Å². The van der Waals surface area contributed by atoms with Crippen molar-refractivity contribution in [3.05, 3.63) is 42.5 Å². The summed E-state index contributed by atoms with van der Waals surface area (Å²) < 4.78 is 4.97. The summed E-state index contributed by atoms with van der Waals surface area (Å²) in [5.74, 6) is 0.595. The maximum absolute atomic E-state index is 8.61. The van der Waals surface area contributed by atoms with Gasteiger partial charge >= 0.3 is 0 Å². The van der Waals surface area contributed by atoms with Crippen LogP contribution in [0.4, 0.5) is 0 Å². The summed E-state index contributed by atoms with van der Waals surface area (Å²) in [6, 6.07) is 13.6. The van der Waals surface area contributed by atoms with Crippen LogP contribution in [0.3, 0.4) is 0 Å². The molecule has 3 heteroatoms. The number of nitrogens with one attached hydrogen (secondary N) is 1. The van der Waals surface area contributed by atoms with Crippen molar-refractivity contribution < 1.29 is 4.74 Å². The van der Waals surface area contributed by atoms with Crippen molar-refractivity contribution in [1.29, 1.82) is 5.26 Å². The molecule has 76 valence electrons. The molecule has 0 fully saturated rings. The van der Waals surface area contributed by atoms with Crippen LogP contribution >= 0.6 is 0 Å². The van der Waals surface area contributed by atoms with Crippen molar-refractivity contribution in [2.24, 2.45) is 0 Å². The Balaban J connectivity index is 2.48. The molecule has 3 rings (SSSR count). The lowest BCUT2D eigenvalue weighted by molar-refractivity contribution is 0.513. The van der Waals surface area contributed by atoms with Gasteiger partial charge < -0.3 is 9.72 Å². The summed E-state index contributed by atoms with van der Waals surface area (Å²) in [7, 11) is 0. The van der Waals surface area contributed by atoms with Gasteiger partial charge in [-0.1, -0.05) is 24.3 Å². The molecular weight excluding hydrogens is 200 g/mol. The maximum Gasteiger partial charge on any atom is 0.292 e. The molecule has 0 spiro atoms. The SMILES string of the molecule is N#COc1cccc2[nH]c3ccccc3c12. The molecule has 0 bridgehead atoms. The number of fused-ring (bicyclic) bond motifs is 3. The van der Waals surface area contributed by atoms with E-state index in [4.69, 9.17) is 10.00 Å². The molecule has 0 radical (unpaired) electrons. The Morgan fingerprint density at radius 3 is 2.69 bits per heavy atom. The summed E-state index contributed by atoms with van der Waals surface area (Å²) in [4.78, 5) is 3.29. The van der Waals surface area contributed by atoms with Crippen LogP contribution in [-0.2, 0) is 0 Å². The molecule has 0 saturated carbocycles. The summed E-state index contributed by atoms with van der Waals surface area (Å²) in [6.07, 6.45) is 1.72. The van der Waals surface area contributed by atoms with Gasteiger partial charge in [-0.25, -0.2) is 0 Å². The fraction of sp³-hybridized carbons (Fsp3) is 0. The summed E-state index contributed by atoms with van der Waals surface area (Å²) in [5, 5.41) is 10.6. The topological polar surface area (TPSA) is 48.8 Å². The highest BCUT2D eigenvalue weighted by atomic mass is 16.5. The zero-order valence-electron chi connectivity index (χ0n) is 8.40. The van der Waals surface area contributed by atoms with Gasteiger partial charge in [-0.3, -0.25) is 0 Å². The quantitative estimate of drug-likeness (QED) is 0.624. The summed E-state index contributed by atoms with van der Waals surface area (Å²) in [6.45, 7) is 0. The van der Waals surface area contributed by atoms with Crippen LogP contribution in [0.2, 0.25) is 0 Å². The van der Waals surface area contributed by atoms with Gasteiger partial charge in [-0.2, -0.15) is 0 Å². The number of benzene rings is 2. The molecule has 0 amide bonds. The Hall–Kier alpha value is -2.47. The van der Waals surface area contributed by atoms with Crippen LogP contribution in [0.25, 0.3) is 21.8 Å². The molecule has 16 heavy (non-hydrogen) atoms. The largest absolute Gasteiger partial charge is 0.387 e. The van der Waals surface area contributed by atoms with E-state index in [1.165, 1.54) is 0 Å². The molecule has 1 heterocycles. The Bertz CT molecular complexity index is 707. The highest BCUT2D eigenvalue weighted by Crippen LogP contribution is 2.32. The highest BCUT2D eigenvalue weighted by Gasteiger charge is 2.08. The third kappa shape index (κ3) is 1.14. The van der Waals surface area contributed by atoms with Crippen molar-refractivity contribution in [3.8, 4) is 12.0 Å². The van der Waals surface area contributed by atoms with E-state index >= 15 is 0 Å². The molecular formula is C13H8N2O. The lowest BCUT2D eigenvalue weighted by atomic mass is 10.1. The molecule has 0 aliphatic carbocycles. The van der Waals surface area contributed by atoms with Gasteiger partial charge in [0.1, 0.15) is 0 Å². The second kappa shape index (κ2) is 3.28. The smallest absolute Gasteiger partial charge is 0.292 e. The number of rotatable bonds is 1. The van der Waals surface area contributed by atoms with E-state index in [2.05, 4.69) is 4.98 Å². The van der Waals surface area contributed by atoms with Gasteiger partial charge in [0.05, 0.1) is 10.9 Å². The lowest BCUT2D eigenvalue weighted by Gasteiger charge is -1.98. The van der Waals surface area contributed by atoms with Crippen LogP contribution < -0.4 is 4.74 Å². The number of nitrogens with zero attached hydrogens (tertiary/aromatic N) is 1. The van der Waals surface area contributed by atoms with Crippen molar-refractivity contribution in [1.82, 2.24) is 4.98 Å². The predicted molar refractivity (Wildman–Crippen MR) is 62.0 cm³/mol. The number of para-hydroxylation sites is 1. The van der Waals surface area contributed by atoms with Crippen molar-refractivity contribution in [2.45, 2.75) is 0 Å². The van der Waals surface area contributed by atoms with E-state index in [9.17, 15) is 0 Å². The minimum Gasteiger partial charge on any atom is -0.387 e. The van der Waals surface area contributed by atoms with Crippen LogP contribution in [0.5, 0.6) is 5.75 Å². The zero-order valence-corrected chi connectivity index (χ0v) is 8.40. The molecule has 0 saturated heterocycles. The van der Waals surface area contributed by atoms with Crippen LogP contribution in [-0.4, -0.2) is 4.98 Å². The standard InChI is InChI=1S/C13H8N2O/c14-8-16-12-7-3-6-11-13(12)9-4-1-2-5-10(9)15-11/h1-7,15H. The van der Waals surface area contributed by atoms with E-state index in [0.29, 0.717) is 5.75 Å². The monoisotopic (exact) mass is 208 g/mol. The summed E-state index contributed by atoms with van der Waals surface area (Å²) in [5.41, 5.74) is 2.03. The van der Waals surface area contributed by atoms with Gasteiger partial charge in [-0.05, 0) is 18.2 Å². The molecule has 0 aliphatic heterocycles. The summed E-state index contributed by atoms with van der Waals surface area (Å²) >= 11 is 0. The van der Waals surface area contributed by atoms with Gasteiger partial charge in [0, 0.05) is 10.9 Å². The zero-order chi connectivity index (χ0) is 11.0. The fourth-order valence-electron chi connectivity index (χ4n) is 2.00. The minimum atomic E-state index is 0.595. The van der Waals surface area contributed by atoms with Gasteiger partial charge in [0.2, 0.25) is 0 Å². The Labute approximate surface area is 91.9 Å². The molecule has 2 aromatic carbocycles. The first kappa shape index (κ1) is 8.81. The van der Waals surface area contributed by atoms with E-state index < -0.39 is 0 Å². The second-order valence-corrected chi connectivity index (χ2v) is 3.54. The molecule has 0 unspecified atom stereocenters. The number of aromatic amines is 1. The first-order valence-electron chi connectivity index (χ1n) is 4.95. The number of hydrogen-bond acceptors (Lipinski definition) is 2. The number of aromatic nitrogens is 1. The van der Waals surface area contributed by atoms with Gasteiger partial charge in [-0.15, -0.1) is 5.26 Å². The highest BCUT2D eigenvalue weighted by molar-refractivity contribution is 6.10. The van der Waals surface area contributed by atoms with Crippen molar-refractivity contribution in [2.75, 3.05) is 0 Å². The molecule has 0 atom stereocenters. The normalized spacial score (nSPS) is 10.4. The third-order valence-corrected chi connectivity index (χ3v) is 2.65. The molecule has 0 aliphatic rings. The second-order valence-electron chi connectivity index (χ2n) is 3.54. The first-order valence-corrected chi connectivity index (χ1v) is 4.95. The number of hydrogen-bond donors (Lipinski definition) is 1. The van der Waals surface area contributed by atoms with Crippen LogP contribution in [0, 0.1) is 11.5 Å². The minimum absolute atomic E-state index is 0.595. The molecule has 1 aromatic heterocycles. The maximum atomic E-state index is 8.61. The number of ether oxygens (including phenoxy) is 1. The average Bonchev–Trinajstić information content (AvgIpc) is 2.68. The van der Waals surface area contributed by atoms with Crippen molar-refractivity contribution >= 4 is 21.8 Å². The van der Waals surface area contributed by atoms with E-state index in [1.807, 2.05) is 36.4 Å². The van der Waals surface area contributed by atoms with E-state index in [-0.39, 0.29) is 0 Å². The third-order valence-electron chi connectivity index (χ3n) is 2.65. The van der Waals surface area contributed by atoms with Crippen LogP contribution in [0.1, 0.15) is 0 Å².